The largest absolute Gasteiger partial charge is 0.458 e. The minimum absolute atomic E-state index is 0.0353. The average molecular weight is 406 g/mol. The van der Waals surface area contributed by atoms with E-state index >= 15 is 4.39 Å². The van der Waals surface area contributed by atoms with Crippen LogP contribution in [0.1, 0.15) is 72.1 Å². The van der Waals surface area contributed by atoms with Crippen LogP contribution in [0.25, 0.3) is 0 Å². The van der Waals surface area contributed by atoms with Crippen LogP contribution >= 0.6 is 0 Å². The van der Waals surface area contributed by atoms with Crippen molar-refractivity contribution in [3.8, 4) is 0 Å². The van der Waals surface area contributed by atoms with E-state index in [4.69, 9.17) is 4.74 Å². The number of alkyl halides is 1. The van der Waals surface area contributed by atoms with Crippen molar-refractivity contribution >= 4 is 23.3 Å². The van der Waals surface area contributed by atoms with Crippen LogP contribution in [0.2, 0.25) is 0 Å². The van der Waals surface area contributed by atoms with E-state index in [1.807, 2.05) is 13.8 Å². The van der Waals surface area contributed by atoms with Gasteiger partial charge < -0.3 is 4.74 Å². The van der Waals surface area contributed by atoms with Gasteiger partial charge in [0.25, 0.3) is 0 Å². The highest BCUT2D eigenvalue weighted by atomic mass is 19.1. The van der Waals surface area contributed by atoms with Gasteiger partial charge >= 0.3 is 5.97 Å². The predicted octanol–water partition coefficient (Wildman–Crippen LogP) is 3.62. The van der Waals surface area contributed by atoms with Gasteiger partial charge in [-0.15, -0.1) is 0 Å². The molecule has 0 aliphatic heterocycles. The molecule has 0 saturated heterocycles. The standard InChI is InChI=1S/C23H31FO5/c1-13(25)29-12-19(27)18-7-6-16-17-5-4-14-10-15(26)8-9-22(14,3)23(17,24)20(28)11-21(16,18)2/h14,16-18H,4-12H2,1-3H3/t14-,16+,17+,18-,21+,22+,23+/m1/s1. The molecule has 0 heterocycles. The quantitative estimate of drug-likeness (QED) is 0.669. The molecule has 0 amide bonds. The molecule has 0 aromatic heterocycles. The van der Waals surface area contributed by atoms with Gasteiger partial charge in [-0.05, 0) is 49.4 Å². The highest BCUT2D eigenvalue weighted by Gasteiger charge is 2.72. The Labute approximate surface area is 171 Å². The first-order valence-electron chi connectivity index (χ1n) is 10.9. The van der Waals surface area contributed by atoms with Crippen molar-refractivity contribution in [3.05, 3.63) is 0 Å². The molecule has 6 heteroatoms. The molecule has 160 valence electrons. The lowest BCUT2D eigenvalue weighted by molar-refractivity contribution is -0.197. The van der Waals surface area contributed by atoms with Crippen LogP contribution < -0.4 is 0 Å². The van der Waals surface area contributed by atoms with Gasteiger partial charge in [-0.25, -0.2) is 4.39 Å². The van der Waals surface area contributed by atoms with E-state index in [1.54, 1.807) is 0 Å². The van der Waals surface area contributed by atoms with E-state index in [1.165, 1.54) is 6.92 Å². The van der Waals surface area contributed by atoms with Crippen LogP contribution in [0.3, 0.4) is 0 Å². The first-order valence-corrected chi connectivity index (χ1v) is 10.9. The molecule has 0 N–H and O–H groups in total. The Morgan fingerprint density at radius 3 is 2.48 bits per heavy atom. The molecule has 4 rings (SSSR count). The van der Waals surface area contributed by atoms with E-state index in [9.17, 15) is 19.2 Å². The highest BCUT2D eigenvalue weighted by molar-refractivity contribution is 5.93. The summed E-state index contributed by atoms with van der Waals surface area (Å²) in [7, 11) is 0. The van der Waals surface area contributed by atoms with Gasteiger partial charge in [0.15, 0.2) is 17.2 Å². The molecule has 0 spiro atoms. The van der Waals surface area contributed by atoms with Crippen LogP contribution in [0.15, 0.2) is 0 Å². The van der Waals surface area contributed by atoms with Gasteiger partial charge in [-0.2, -0.15) is 0 Å². The minimum Gasteiger partial charge on any atom is -0.458 e. The Kier molecular flexibility index (Phi) is 4.78. The smallest absolute Gasteiger partial charge is 0.303 e. The van der Waals surface area contributed by atoms with Crippen molar-refractivity contribution in [3.63, 3.8) is 0 Å². The summed E-state index contributed by atoms with van der Waals surface area (Å²) in [5.41, 5.74) is -3.28. The summed E-state index contributed by atoms with van der Waals surface area (Å²) >= 11 is 0. The second-order valence-corrected chi connectivity index (χ2v) is 10.3. The summed E-state index contributed by atoms with van der Waals surface area (Å²) in [6.45, 7) is 4.83. The topological polar surface area (TPSA) is 77.5 Å². The van der Waals surface area contributed by atoms with Crippen LogP contribution in [0.4, 0.5) is 4.39 Å². The van der Waals surface area contributed by atoms with E-state index in [0.717, 1.165) is 12.8 Å². The third kappa shape index (κ3) is 2.77. The van der Waals surface area contributed by atoms with Gasteiger partial charge in [0.2, 0.25) is 0 Å². The van der Waals surface area contributed by atoms with Gasteiger partial charge in [-0.1, -0.05) is 13.8 Å². The molecule has 0 unspecified atom stereocenters. The van der Waals surface area contributed by atoms with Crippen molar-refractivity contribution in [1.29, 1.82) is 0 Å². The van der Waals surface area contributed by atoms with E-state index in [0.29, 0.717) is 32.1 Å². The molecule has 7 atom stereocenters. The lowest BCUT2D eigenvalue weighted by Crippen LogP contribution is -2.67. The summed E-state index contributed by atoms with van der Waals surface area (Å²) in [5.74, 6) is -1.73. The van der Waals surface area contributed by atoms with Crippen molar-refractivity contribution in [2.24, 2.45) is 34.5 Å². The van der Waals surface area contributed by atoms with E-state index < -0.39 is 28.4 Å². The van der Waals surface area contributed by atoms with Crippen LogP contribution in [0, 0.1) is 34.5 Å². The van der Waals surface area contributed by atoms with Crippen LogP contribution in [-0.2, 0) is 23.9 Å². The second-order valence-electron chi connectivity index (χ2n) is 10.3. The maximum Gasteiger partial charge on any atom is 0.303 e. The molecule has 5 nitrogen and oxygen atoms in total. The zero-order valence-corrected chi connectivity index (χ0v) is 17.6. The van der Waals surface area contributed by atoms with Crippen molar-refractivity contribution in [2.45, 2.75) is 77.8 Å². The first-order chi connectivity index (χ1) is 13.5. The molecule has 4 saturated carbocycles. The SMILES string of the molecule is CC(=O)OCC(=O)[C@H]1CC[C@H]2[C@@H]3CC[C@@H]4CC(=O)CC[C@]4(C)[C@@]3(F)C(=O)C[C@]12C. The molecular weight excluding hydrogens is 375 g/mol. The molecule has 4 fully saturated rings. The van der Waals surface area contributed by atoms with Crippen molar-refractivity contribution < 1.29 is 28.3 Å². The first kappa shape index (κ1) is 20.7. The van der Waals surface area contributed by atoms with Crippen molar-refractivity contribution in [2.75, 3.05) is 6.61 Å². The molecule has 4 aliphatic rings. The molecule has 4 aliphatic carbocycles. The number of carbonyl (C=O) groups is 4. The maximum absolute atomic E-state index is 16.8. The van der Waals surface area contributed by atoms with Gasteiger partial charge in [0, 0.05) is 43.4 Å². The normalized spacial score (nSPS) is 46.5. The third-order valence-corrected chi connectivity index (χ3v) is 9.12. The second kappa shape index (κ2) is 6.71. The fourth-order valence-corrected chi connectivity index (χ4v) is 7.57. The lowest BCUT2D eigenvalue weighted by Gasteiger charge is -2.62. The van der Waals surface area contributed by atoms with Crippen LogP contribution in [0.5, 0.6) is 0 Å². The number of carbonyl (C=O) groups excluding carboxylic acids is 4. The Bertz CT molecular complexity index is 777. The lowest BCUT2D eigenvalue weighted by atomic mass is 9.43. The summed E-state index contributed by atoms with van der Waals surface area (Å²) < 4.78 is 21.7. The molecule has 0 radical (unpaired) electrons. The van der Waals surface area contributed by atoms with Crippen molar-refractivity contribution in [1.82, 2.24) is 0 Å². The number of esters is 1. The number of ketones is 3. The Morgan fingerprint density at radius 1 is 1.10 bits per heavy atom. The summed E-state index contributed by atoms with van der Waals surface area (Å²) in [6, 6.07) is 0. The maximum atomic E-state index is 16.8. The molecule has 0 aromatic carbocycles. The molecular formula is C23H31FO5. The molecule has 0 bridgehead atoms. The molecule has 29 heavy (non-hydrogen) atoms. The number of hydrogen-bond acceptors (Lipinski definition) is 5. The Morgan fingerprint density at radius 2 is 1.79 bits per heavy atom. The van der Waals surface area contributed by atoms with E-state index in [-0.39, 0.29) is 48.1 Å². The number of hydrogen-bond donors (Lipinski definition) is 0. The fourth-order valence-electron chi connectivity index (χ4n) is 7.57. The third-order valence-electron chi connectivity index (χ3n) is 9.12. The number of Topliss-reactive ketones (excluding diaryl/α,β-unsaturated/α-hetero) is 3. The minimum atomic E-state index is -1.91. The average Bonchev–Trinajstić information content (AvgIpc) is 2.98. The Hall–Kier alpha value is -1.59. The van der Waals surface area contributed by atoms with E-state index in [2.05, 4.69) is 0 Å². The zero-order valence-electron chi connectivity index (χ0n) is 17.6. The van der Waals surface area contributed by atoms with Crippen LogP contribution in [-0.4, -0.2) is 35.6 Å². The fraction of sp³-hybridized carbons (Fsp3) is 0.826. The number of rotatable bonds is 3. The zero-order chi connectivity index (χ0) is 21.2. The number of fused-ring (bicyclic) bond motifs is 5. The van der Waals surface area contributed by atoms with Gasteiger partial charge in [-0.3, -0.25) is 19.2 Å². The van der Waals surface area contributed by atoms with Gasteiger partial charge in [0.1, 0.15) is 12.4 Å². The summed E-state index contributed by atoms with van der Waals surface area (Å²) in [6.07, 6.45) is 3.92. The highest BCUT2D eigenvalue weighted by Crippen LogP contribution is 2.69. The number of halogens is 1. The van der Waals surface area contributed by atoms with Gasteiger partial charge in [0.05, 0.1) is 0 Å². The summed E-state index contributed by atoms with van der Waals surface area (Å²) in [4.78, 5) is 49.3. The summed E-state index contributed by atoms with van der Waals surface area (Å²) in [5, 5.41) is 0. The monoisotopic (exact) mass is 406 g/mol. The molecule has 0 aromatic rings. The number of ether oxygens (including phenoxy) is 1. The predicted molar refractivity (Wildman–Crippen MR) is 103 cm³/mol. The Balaban J connectivity index is 1.64.